The molecule has 0 unspecified atom stereocenters. The number of hydrogen-bond donors (Lipinski definition) is 1. The van der Waals surface area contributed by atoms with Gasteiger partial charge in [-0.15, -0.1) is 0 Å². The Morgan fingerprint density at radius 3 is 2.48 bits per heavy atom. The Hall–Kier alpha value is -1.88. The van der Waals surface area contributed by atoms with Gasteiger partial charge in [0.1, 0.15) is 0 Å². The molecule has 1 saturated carbocycles. The van der Waals surface area contributed by atoms with Gasteiger partial charge in [0.25, 0.3) is 5.91 Å². The van der Waals surface area contributed by atoms with Crippen LogP contribution in [-0.4, -0.2) is 42.4 Å². The van der Waals surface area contributed by atoms with Gasteiger partial charge in [0.15, 0.2) is 0 Å². The van der Waals surface area contributed by atoms with Gasteiger partial charge in [-0.3, -0.25) is 9.59 Å². The molecule has 0 spiro atoms. The second kappa shape index (κ2) is 5.64. The molecule has 1 aromatic rings. The second-order valence-corrected chi connectivity index (χ2v) is 7.07. The van der Waals surface area contributed by atoms with Crippen molar-refractivity contribution < 1.29 is 9.59 Å². The Morgan fingerprint density at radius 1 is 1.13 bits per heavy atom. The molecule has 2 heterocycles. The van der Waals surface area contributed by atoms with Gasteiger partial charge in [-0.2, -0.15) is 0 Å². The average molecular weight is 313 g/mol. The van der Waals surface area contributed by atoms with Crippen LogP contribution in [0.1, 0.15) is 36.0 Å². The fourth-order valence-electron chi connectivity index (χ4n) is 3.93. The van der Waals surface area contributed by atoms with E-state index in [4.69, 9.17) is 5.73 Å². The van der Waals surface area contributed by atoms with Crippen LogP contribution < -0.4 is 10.6 Å². The lowest BCUT2D eigenvalue weighted by Crippen LogP contribution is -2.32. The van der Waals surface area contributed by atoms with E-state index in [9.17, 15) is 9.59 Å². The summed E-state index contributed by atoms with van der Waals surface area (Å²) in [6.07, 6.45) is 4.06. The van der Waals surface area contributed by atoms with Crippen molar-refractivity contribution in [2.45, 2.75) is 31.7 Å². The van der Waals surface area contributed by atoms with E-state index >= 15 is 0 Å². The predicted octanol–water partition coefficient (Wildman–Crippen LogP) is 1.62. The molecule has 0 aromatic heterocycles. The van der Waals surface area contributed by atoms with E-state index in [1.54, 1.807) is 4.90 Å². The van der Waals surface area contributed by atoms with Gasteiger partial charge in [-0.25, -0.2) is 0 Å². The minimum Gasteiger partial charge on any atom is -0.337 e. The Kier molecular flexibility index (Phi) is 3.60. The summed E-state index contributed by atoms with van der Waals surface area (Å²) in [6.45, 7) is 2.22. The van der Waals surface area contributed by atoms with E-state index in [1.807, 2.05) is 29.2 Å². The van der Waals surface area contributed by atoms with Crippen molar-refractivity contribution in [1.29, 1.82) is 0 Å². The third-order valence-corrected chi connectivity index (χ3v) is 5.43. The normalized spacial score (nSPS) is 27.8. The maximum Gasteiger partial charge on any atom is 0.253 e. The molecule has 1 aromatic carbocycles. The number of amides is 2. The molecule has 3 fully saturated rings. The maximum atomic E-state index is 12.7. The molecule has 23 heavy (non-hydrogen) atoms. The fourth-order valence-corrected chi connectivity index (χ4v) is 3.93. The second-order valence-electron chi connectivity index (χ2n) is 7.07. The number of rotatable bonds is 3. The first-order valence-corrected chi connectivity index (χ1v) is 8.59. The van der Waals surface area contributed by atoms with Crippen LogP contribution in [0.3, 0.4) is 0 Å². The minimum atomic E-state index is 0.0582. The number of carbonyl (C=O) groups excluding carboxylic acids is 2. The first kappa shape index (κ1) is 14.7. The molecule has 5 heteroatoms. The van der Waals surface area contributed by atoms with Gasteiger partial charge in [0.05, 0.1) is 0 Å². The molecule has 122 valence electrons. The van der Waals surface area contributed by atoms with Crippen LogP contribution in [0.25, 0.3) is 0 Å². The average Bonchev–Trinajstić information content (AvgIpc) is 3.20. The van der Waals surface area contributed by atoms with Crippen molar-refractivity contribution in [2.75, 3.05) is 24.5 Å². The Bertz CT molecular complexity index is 624. The maximum absolute atomic E-state index is 12.7. The van der Waals surface area contributed by atoms with Crippen LogP contribution in [0.4, 0.5) is 5.69 Å². The molecule has 0 radical (unpaired) electrons. The van der Waals surface area contributed by atoms with Crippen LogP contribution >= 0.6 is 0 Å². The number of nitrogens with two attached hydrogens (primary N) is 1. The van der Waals surface area contributed by atoms with E-state index < -0.39 is 0 Å². The molecule has 1 aliphatic carbocycles. The Morgan fingerprint density at radius 2 is 1.87 bits per heavy atom. The Labute approximate surface area is 136 Å². The van der Waals surface area contributed by atoms with Crippen molar-refractivity contribution in [3.05, 3.63) is 29.8 Å². The molecule has 2 atom stereocenters. The monoisotopic (exact) mass is 313 g/mol. The number of likely N-dealkylation sites (tertiary alicyclic amines) is 1. The van der Waals surface area contributed by atoms with Crippen LogP contribution in [0, 0.1) is 11.8 Å². The Balaban J connectivity index is 1.45. The van der Waals surface area contributed by atoms with Gasteiger partial charge < -0.3 is 15.5 Å². The molecular formula is C18H23N3O2. The molecule has 3 aliphatic rings. The molecule has 5 nitrogen and oxygen atoms in total. The molecule has 2 N–H and O–H groups in total. The largest absolute Gasteiger partial charge is 0.337 e. The minimum absolute atomic E-state index is 0.0582. The van der Waals surface area contributed by atoms with E-state index in [-0.39, 0.29) is 17.9 Å². The summed E-state index contributed by atoms with van der Waals surface area (Å²) in [5, 5.41) is 0. The van der Waals surface area contributed by atoms with E-state index in [0.29, 0.717) is 24.4 Å². The quantitative estimate of drug-likeness (QED) is 0.922. The van der Waals surface area contributed by atoms with Crippen molar-refractivity contribution in [3.63, 3.8) is 0 Å². The lowest BCUT2D eigenvalue weighted by Gasteiger charge is -2.18. The number of nitrogens with zero attached hydrogens (tertiary/aromatic N) is 2. The molecule has 0 bridgehead atoms. The third-order valence-electron chi connectivity index (χ3n) is 5.43. The highest BCUT2D eigenvalue weighted by Crippen LogP contribution is 2.41. The lowest BCUT2D eigenvalue weighted by atomic mass is 9.99. The van der Waals surface area contributed by atoms with Crippen LogP contribution in [-0.2, 0) is 4.79 Å². The zero-order valence-corrected chi connectivity index (χ0v) is 13.3. The highest BCUT2D eigenvalue weighted by Gasteiger charge is 2.42. The van der Waals surface area contributed by atoms with Crippen molar-refractivity contribution in [3.8, 4) is 0 Å². The summed E-state index contributed by atoms with van der Waals surface area (Å²) in [7, 11) is 0. The summed E-state index contributed by atoms with van der Waals surface area (Å²) < 4.78 is 0. The predicted molar refractivity (Wildman–Crippen MR) is 88.1 cm³/mol. The number of benzene rings is 1. The van der Waals surface area contributed by atoms with E-state index in [1.165, 1.54) is 12.8 Å². The van der Waals surface area contributed by atoms with Crippen molar-refractivity contribution in [1.82, 2.24) is 4.90 Å². The lowest BCUT2D eigenvalue weighted by molar-refractivity contribution is -0.117. The van der Waals surface area contributed by atoms with Gasteiger partial charge in [-0.05, 0) is 55.4 Å². The summed E-state index contributed by atoms with van der Waals surface area (Å²) >= 11 is 0. The van der Waals surface area contributed by atoms with Crippen LogP contribution in [0.15, 0.2) is 24.3 Å². The summed E-state index contributed by atoms with van der Waals surface area (Å²) in [6, 6.07) is 7.54. The molecule has 4 rings (SSSR count). The summed E-state index contributed by atoms with van der Waals surface area (Å²) in [4.78, 5) is 28.1. The SMILES string of the molecule is N[C@H]1CN(C(=O)c2ccc(N3CCCC3=O)cc2)C[C@@H]1C1CC1. The van der Waals surface area contributed by atoms with Crippen molar-refractivity contribution >= 4 is 17.5 Å². The highest BCUT2D eigenvalue weighted by atomic mass is 16.2. The number of anilines is 1. The van der Waals surface area contributed by atoms with Crippen molar-refractivity contribution in [2.24, 2.45) is 17.6 Å². The van der Waals surface area contributed by atoms with Gasteiger partial charge >= 0.3 is 0 Å². The summed E-state index contributed by atoms with van der Waals surface area (Å²) in [5.74, 6) is 1.43. The summed E-state index contributed by atoms with van der Waals surface area (Å²) in [5.41, 5.74) is 7.78. The van der Waals surface area contributed by atoms with Gasteiger partial charge in [0, 0.05) is 43.3 Å². The van der Waals surface area contributed by atoms with Gasteiger partial charge in [0.2, 0.25) is 5.91 Å². The fraction of sp³-hybridized carbons (Fsp3) is 0.556. The molecule has 2 amide bonds. The zero-order valence-electron chi connectivity index (χ0n) is 13.3. The third kappa shape index (κ3) is 2.74. The van der Waals surface area contributed by atoms with E-state index in [2.05, 4.69) is 0 Å². The van der Waals surface area contributed by atoms with Gasteiger partial charge in [-0.1, -0.05) is 0 Å². The highest BCUT2D eigenvalue weighted by molar-refractivity contribution is 5.97. The topological polar surface area (TPSA) is 66.6 Å². The smallest absolute Gasteiger partial charge is 0.253 e. The molecular weight excluding hydrogens is 290 g/mol. The van der Waals surface area contributed by atoms with Crippen LogP contribution in [0.5, 0.6) is 0 Å². The number of carbonyl (C=O) groups is 2. The zero-order chi connectivity index (χ0) is 16.0. The number of hydrogen-bond acceptors (Lipinski definition) is 3. The first-order chi connectivity index (χ1) is 11.1. The molecule has 2 aliphatic heterocycles. The van der Waals surface area contributed by atoms with E-state index in [0.717, 1.165) is 31.1 Å². The standard InChI is InChI=1S/C18H23N3O2/c19-16-11-20(10-15(16)12-3-4-12)18(23)13-5-7-14(8-6-13)21-9-1-2-17(21)22/h5-8,12,15-16H,1-4,9-11,19H2/t15-,16+/m1/s1. The van der Waals surface area contributed by atoms with Crippen LogP contribution in [0.2, 0.25) is 0 Å². The molecule has 2 saturated heterocycles. The first-order valence-electron chi connectivity index (χ1n) is 8.59.